The molecule has 1 saturated heterocycles. The van der Waals surface area contributed by atoms with Crippen molar-refractivity contribution in [3.63, 3.8) is 0 Å². The number of amides is 1. The third-order valence-corrected chi connectivity index (χ3v) is 3.86. The summed E-state index contributed by atoms with van der Waals surface area (Å²) >= 11 is 0. The van der Waals surface area contributed by atoms with Crippen LogP contribution in [0.25, 0.3) is 0 Å². The molecule has 1 aromatic heterocycles. The Morgan fingerprint density at radius 1 is 1.55 bits per heavy atom. The maximum atomic E-state index is 12.8. The van der Waals surface area contributed by atoms with Gasteiger partial charge in [-0.15, -0.1) is 0 Å². The van der Waals surface area contributed by atoms with Crippen LogP contribution in [0.15, 0.2) is 10.6 Å². The zero-order valence-corrected chi connectivity index (χ0v) is 12.4. The summed E-state index contributed by atoms with van der Waals surface area (Å²) in [5.74, 6) is 0.885. The number of nitrogens with zero attached hydrogens (tertiary/aromatic N) is 2. The van der Waals surface area contributed by atoms with Crippen LogP contribution in [0.3, 0.4) is 0 Å². The molecular formula is C14H23N3O3. The predicted octanol–water partition coefficient (Wildman–Crippen LogP) is 0.958. The average Bonchev–Trinajstić information content (AvgIpc) is 2.84. The lowest BCUT2D eigenvalue weighted by atomic mass is 9.78. The average molecular weight is 281 g/mol. The van der Waals surface area contributed by atoms with Crippen molar-refractivity contribution in [2.45, 2.75) is 26.3 Å². The minimum absolute atomic E-state index is 0.126. The van der Waals surface area contributed by atoms with Crippen molar-refractivity contribution in [2.75, 3.05) is 33.9 Å². The molecule has 0 unspecified atom stereocenters. The van der Waals surface area contributed by atoms with E-state index in [-0.39, 0.29) is 5.91 Å². The molecule has 2 heterocycles. The number of hydrogen-bond acceptors (Lipinski definition) is 5. The minimum Gasteiger partial charge on any atom is -0.384 e. The molecule has 1 aliphatic rings. The van der Waals surface area contributed by atoms with Crippen LogP contribution in [0.4, 0.5) is 0 Å². The van der Waals surface area contributed by atoms with Gasteiger partial charge in [-0.2, -0.15) is 0 Å². The molecule has 1 amide bonds. The van der Waals surface area contributed by atoms with Crippen molar-refractivity contribution in [2.24, 2.45) is 5.41 Å². The molecule has 6 nitrogen and oxygen atoms in total. The predicted molar refractivity (Wildman–Crippen MR) is 74.1 cm³/mol. The summed E-state index contributed by atoms with van der Waals surface area (Å²) in [5.41, 5.74) is 0.368. The van der Waals surface area contributed by atoms with E-state index < -0.39 is 5.41 Å². The monoisotopic (exact) mass is 281 g/mol. The molecule has 0 bridgehead atoms. The van der Waals surface area contributed by atoms with Crippen molar-refractivity contribution in [1.29, 1.82) is 0 Å². The number of rotatable bonds is 5. The number of aromatic nitrogens is 1. The van der Waals surface area contributed by atoms with E-state index in [1.54, 1.807) is 12.0 Å². The summed E-state index contributed by atoms with van der Waals surface area (Å²) < 4.78 is 10.3. The van der Waals surface area contributed by atoms with Crippen LogP contribution in [0.2, 0.25) is 0 Å². The molecule has 0 saturated carbocycles. The van der Waals surface area contributed by atoms with Gasteiger partial charge < -0.3 is 19.5 Å². The van der Waals surface area contributed by atoms with E-state index in [1.807, 2.05) is 20.0 Å². The van der Waals surface area contributed by atoms with Gasteiger partial charge in [0.25, 0.3) is 0 Å². The molecule has 112 valence electrons. The number of nitrogens with one attached hydrogen (secondary N) is 1. The van der Waals surface area contributed by atoms with Crippen molar-refractivity contribution >= 4 is 5.91 Å². The zero-order chi connectivity index (χ0) is 14.6. The quantitative estimate of drug-likeness (QED) is 0.870. The third kappa shape index (κ3) is 3.19. The minimum atomic E-state index is -0.409. The first-order valence-corrected chi connectivity index (χ1v) is 6.95. The van der Waals surface area contributed by atoms with Crippen LogP contribution in [0.5, 0.6) is 0 Å². The van der Waals surface area contributed by atoms with Crippen LogP contribution < -0.4 is 5.32 Å². The number of carbonyl (C=O) groups excluding carboxylic acids is 1. The van der Waals surface area contributed by atoms with Gasteiger partial charge in [-0.3, -0.25) is 4.79 Å². The van der Waals surface area contributed by atoms with Crippen LogP contribution in [-0.2, 0) is 16.1 Å². The summed E-state index contributed by atoms with van der Waals surface area (Å²) in [5, 5.41) is 7.23. The fourth-order valence-corrected chi connectivity index (χ4v) is 2.81. The van der Waals surface area contributed by atoms with Gasteiger partial charge in [0, 0.05) is 20.2 Å². The first-order valence-electron chi connectivity index (χ1n) is 6.95. The first kappa shape index (κ1) is 15.0. The summed E-state index contributed by atoms with van der Waals surface area (Å²) in [6.07, 6.45) is 1.61. The van der Waals surface area contributed by atoms with Gasteiger partial charge in [0.15, 0.2) is 0 Å². The van der Waals surface area contributed by atoms with Gasteiger partial charge in [-0.05, 0) is 32.9 Å². The summed E-state index contributed by atoms with van der Waals surface area (Å²) in [6, 6.07) is 1.86. The molecule has 0 atom stereocenters. The number of methoxy groups -OCH3 is 1. The van der Waals surface area contributed by atoms with Gasteiger partial charge in [-0.25, -0.2) is 0 Å². The lowest BCUT2D eigenvalue weighted by Crippen LogP contribution is -2.50. The lowest BCUT2D eigenvalue weighted by molar-refractivity contribution is -0.146. The highest BCUT2D eigenvalue weighted by atomic mass is 16.5. The second-order valence-corrected chi connectivity index (χ2v) is 5.55. The Balaban J connectivity index is 2.06. The third-order valence-electron chi connectivity index (χ3n) is 3.86. The van der Waals surface area contributed by atoms with Crippen molar-refractivity contribution in [3.05, 3.63) is 17.5 Å². The van der Waals surface area contributed by atoms with E-state index in [0.717, 1.165) is 37.4 Å². The van der Waals surface area contributed by atoms with Crippen molar-refractivity contribution < 1.29 is 14.1 Å². The molecule has 2 rings (SSSR count). The Kier molecular flexibility index (Phi) is 4.77. The standard InChI is InChI=1S/C14H23N3O3/c1-11-8-12(16-20-11)9-17(2)13(18)14(10-19-3)4-6-15-7-5-14/h8,15H,4-7,9-10H2,1-3H3. The van der Waals surface area contributed by atoms with E-state index in [1.165, 1.54) is 0 Å². The fourth-order valence-electron chi connectivity index (χ4n) is 2.81. The summed E-state index contributed by atoms with van der Waals surface area (Å²) in [7, 11) is 3.46. The van der Waals surface area contributed by atoms with E-state index in [0.29, 0.717) is 13.2 Å². The molecule has 1 N–H and O–H groups in total. The van der Waals surface area contributed by atoms with Gasteiger partial charge in [0.05, 0.1) is 18.6 Å². The van der Waals surface area contributed by atoms with E-state index in [2.05, 4.69) is 10.5 Å². The molecule has 20 heavy (non-hydrogen) atoms. The molecular weight excluding hydrogens is 258 g/mol. The number of carbonyl (C=O) groups is 1. The van der Waals surface area contributed by atoms with E-state index >= 15 is 0 Å². The topological polar surface area (TPSA) is 67.6 Å². The molecule has 1 fully saturated rings. The summed E-state index contributed by atoms with van der Waals surface area (Å²) in [6.45, 7) is 4.49. The number of piperidine rings is 1. The van der Waals surface area contributed by atoms with E-state index in [9.17, 15) is 4.79 Å². The molecule has 0 aromatic carbocycles. The number of ether oxygens (including phenoxy) is 1. The Bertz CT molecular complexity index is 447. The Morgan fingerprint density at radius 2 is 2.25 bits per heavy atom. The number of aryl methyl sites for hydroxylation is 1. The van der Waals surface area contributed by atoms with Gasteiger partial charge >= 0.3 is 0 Å². The Labute approximate surface area is 119 Å². The SMILES string of the molecule is COCC1(C(=O)N(C)Cc2cc(C)on2)CCNCC1. The summed E-state index contributed by atoms with van der Waals surface area (Å²) in [4.78, 5) is 14.5. The maximum Gasteiger partial charge on any atom is 0.231 e. The maximum absolute atomic E-state index is 12.8. The second-order valence-electron chi connectivity index (χ2n) is 5.55. The molecule has 0 aliphatic carbocycles. The van der Waals surface area contributed by atoms with Crippen LogP contribution in [0.1, 0.15) is 24.3 Å². The Morgan fingerprint density at radius 3 is 2.80 bits per heavy atom. The van der Waals surface area contributed by atoms with Crippen molar-refractivity contribution in [1.82, 2.24) is 15.4 Å². The molecule has 1 aromatic rings. The van der Waals surface area contributed by atoms with Gasteiger partial charge in [-0.1, -0.05) is 5.16 Å². The van der Waals surface area contributed by atoms with Crippen LogP contribution >= 0.6 is 0 Å². The molecule has 6 heteroatoms. The molecule has 0 radical (unpaired) electrons. The smallest absolute Gasteiger partial charge is 0.231 e. The lowest BCUT2D eigenvalue weighted by Gasteiger charge is -2.38. The van der Waals surface area contributed by atoms with Gasteiger partial charge in [0.1, 0.15) is 11.5 Å². The molecule has 0 spiro atoms. The van der Waals surface area contributed by atoms with E-state index in [4.69, 9.17) is 9.26 Å². The van der Waals surface area contributed by atoms with Crippen molar-refractivity contribution in [3.8, 4) is 0 Å². The highest BCUT2D eigenvalue weighted by Crippen LogP contribution is 2.31. The number of hydrogen-bond donors (Lipinski definition) is 1. The zero-order valence-electron chi connectivity index (χ0n) is 12.4. The second kappa shape index (κ2) is 6.37. The normalized spacial score (nSPS) is 17.9. The fraction of sp³-hybridized carbons (Fsp3) is 0.714. The van der Waals surface area contributed by atoms with Crippen LogP contribution in [-0.4, -0.2) is 49.8 Å². The molecule has 1 aliphatic heterocycles. The highest BCUT2D eigenvalue weighted by Gasteiger charge is 2.41. The van der Waals surface area contributed by atoms with Gasteiger partial charge in [0.2, 0.25) is 5.91 Å². The highest BCUT2D eigenvalue weighted by molar-refractivity contribution is 5.82. The van der Waals surface area contributed by atoms with Crippen LogP contribution in [0, 0.1) is 12.3 Å². The largest absolute Gasteiger partial charge is 0.384 e. The Hall–Kier alpha value is -1.40. The first-order chi connectivity index (χ1) is 9.57.